The molecule has 1 fully saturated rings. The summed E-state index contributed by atoms with van der Waals surface area (Å²) < 4.78 is 11.6. The van der Waals surface area contributed by atoms with E-state index in [-0.39, 0.29) is 6.04 Å². The van der Waals surface area contributed by atoms with E-state index in [9.17, 15) is 5.11 Å². The Morgan fingerprint density at radius 1 is 1.04 bits per heavy atom. The number of fused-ring (bicyclic) bond motifs is 2. The number of ether oxygens (including phenoxy) is 2. The Bertz CT molecular complexity index is 928. The summed E-state index contributed by atoms with van der Waals surface area (Å²) in [5.41, 5.74) is 3.97. The molecule has 2 aromatic carbocycles. The summed E-state index contributed by atoms with van der Waals surface area (Å²) in [6, 6.07) is 14.2. The molecule has 0 amide bonds. The Kier molecular flexibility index (Phi) is 4.46. The summed E-state index contributed by atoms with van der Waals surface area (Å²) in [6.45, 7) is 3.13. The van der Waals surface area contributed by atoms with Gasteiger partial charge in [-0.05, 0) is 67.6 Å². The van der Waals surface area contributed by atoms with Crippen LogP contribution >= 0.6 is 0 Å². The van der Waals surface area contributed by atoms with Crippen molar-refractivity contribution in [2.45, 2.75) is 37.3 Å². The van der Waals surface area contributed by atoms with E-state index in [2.05, 4.69) is 23.1 Å². The molecule has 0 saturated carbocycles. The number of aliphatic hydroxyl groups excluding tert-OH is 1. The molecule has 2 aliphatic heterocycles. The molecular formula is C23H24N2O3. The van der Waals surface area contributed by atoms with Gasteiger partial charge in [-0.15, -0.1) is 0 Å². The summed E-state index contributed by atoms with van der Waals surface area (Å²) in [4.78, 5) is 2.42. The van der Waals surface area contributed by atoms with E-state index in [0.717, 1.165) is 49.4 Å². The van der Waals surface area contributed by atoms with Crippen LogP contribution in [0.3, 0.4) is 0 Å². The number of nitrogens with zero attached hydrogens (tertiary/aromatic N) is 2. The number of benzene rings is 2. The second-order valence-corrected chi connectivity index (χ2v) is 7.92. The molecule has 2 heterocycles. The number of aliphatic hydroxyl groups is 1. The summed E-state index contributed by atoms with van der Waals surface area (Å²) in [6.07, 6.45) is 2.43. The van der Waals surface area contributed by atoms with Crippen molar-refractivity contribution in [2.75, 3.05) is 26.3 Å². The van der Waals surface area contributed by atoms with Crippen molar-refractivity contribution in [3.05, 3.63) is 58.7 Å². The average Bonchev–Trinajstić information content (AvgIpc) is 3.09. The number of piperidine rings is 1. The topological polar surface area (TPSA) is 65.7 Å². The van der Waals surface area contributed by atoms with Gasteiger partial charge in [0.2, 0.25) is 0 Å². The highest BCUT2D eigenvalue weighted by Gasteiger charge is 2.37. The Labute approximate surface area is 165 Å². The predicted octanol–water partition coefficient (Wildman–Crippen LogP) is 3.17. The molecule has 28 heavy (non-hydrogen) atoms. The Morgan fingerprint density at radius 2 is 1.86 bits per heavy atom. The molecule has 1 saturated heterocycles. The van der Waals surface area contributed by atoms with Gasteiger partial charge in [-0.1, -0.05) is 18.2 Å². The smallest absolute Gasteiger partial charge is 0.164 e. The zero-order valence-electron chi connectivity index (χ0n) is 15.8. The van der Waals surface area contributed by atoms with Gasteiger partial charge in [0.25, 0.3) is 0 Å². The second-order valence-electron chi connectivity index (χ2n) is 7.92. The Morgan fingerprint density at radius 3 is 2.68 bits per heavy atom. The van der Waals surface area contributed by atoms with Crippen molar-refractivity contribution in [3.8, 4) is 17.6 Å². The lowest BCUT2D eigenvalue weighted by atomic mass is 9.87. The summed E-state index contributed by atoms with van der Waals surface area (Å²) in [5.74, 6) is 2.24. The van der Waals surface area contributed by atoms with E-state index in [4.69, 9.17) is 14.7 Å². The van der Waals surface area contributed by atoms with Crippen molar-refractivity contribution in [1.82, 2.24) is 4.90 Å². The zero-order valence-corrected chi connectivity index (χ0v) is 15.8. The van der Waals surface area contributed by atoms with Gasteiger partial charge in [-0.25, -0.2) is 0 Å². The van der Waals surface area contributed by atoms with E-state index < -0.39 is 6.10 Å². The van der Waals surface area contributed by atoms with Crippen LogP contribution in [-0.4, -0.2) is 42.4 Å². The highest BCUT2D eigenvalue weighted by atomic mass is 16.6. The molecule has 0 radical (unpaired) electrons. The van der Waals surface area contributed by atoms with Crippen LogP contribution in [0.25, 0.3) is 0 Å². The fourth-order valence-electron chi connectivity index (χ4n) is 4.96. The van der Waals surface area contributed by atoms with Gasteiger partial charge in [-0.3, -0.25) is 4.90 Å². The minimum atomic E-state index is -0.513. The monoisotopic (exact) mass is 376 g/mol. The third-order valence-electron chi connectivity index (χ3n) is 6.42. The number of para-hydroxylation sites is 1. The molecule has 5 rings (SSSR count). The summed E-state index contributed by atoms with van der Waals surface area (Å²) >= 11 is 0. The molecule has 1 N–H and O–H groups in total. The third kappa shape index (κ3) is 2.94. The number of hydrogen-bond acceptors (Lipinski definition) is 5. The molecular weight excluding hydrogens is 352 g/mol. The Balaban J connectivity index is 1.29. The van der Waals surface area contributed by atoms with Gasteiger partial charge in [0.05, 0.1) is 17.7 Å². The van der Waals surface area contributed by atoms with E-state index in [1.54, 1.807) is 0 Å². The standard InChI is InChI=1S/C23H24N2O3/c24-14-15-4-5-17-13-20(22(26)19(17)12-15)25-8-6-16(7-9-25)18-2-1-3-21-23(18)28-11-10-27-21/h1-5,12,16,20,22,26H,6-11,13H2. The van der Waals surface area contributed by atoms with Crippen molar-refractivity contribution < 1.29 is 14.6 Å². The lowest BCUT2D eigenvalue weighted by molar-refractivity contribution is 0.0454. The largest absolute Gasteiger partial charge is 0.486 e. The number of likely N-dealkylation sites (tertiary alicyclic amines) is 1. The number of nitriles is 1. The van der Waals surface area contributed by atoms with Gasteiger partial charge in [0.15, 0.2) is 11.5 Å². The van der Waals surface area contributed by atoms with Crippen LogP contribution in [0.2, 0.25) is 0 Å². The first-order valence-corrected chi connectivity index (χ1v) is 10.1. The lowest BCUT2D eigenvalue weighted by Gasteiger charge is -2.38. The first kappa shape index (κ1) is 17.5. The van der Waals surface area contributed by atoms with Gasteiger partial charge in [0.1, 0.15) is 13.2 Å². The van der Waals surface area contributed by atoms with Crippen molar-refractivity contribution in [1.29, 1.82) is 5.26 Å². The molecule has 1 aliphatic carbocycles. The van der Waals surface area contributed by atoms with Crippen molar-refractivity contribution >= 4 is 0 Å². The van der Waals surface area contributed by atoms with Crippen LogP contribution in [0.4, 0.5) is 0 Å². The zero-order chi connectivity index (χ0) is 19.1. The van der Waals surface area contributed by atoms with Gasteiger partial charge < -0.3 is 14.6 Å². The minimum Gasteiger partial charge on any atom is -0.486 e. The first-order chi connectivity index (χ1) is 13.7. The highest BCUT2D eigenvalue weighted by Crippen LogP contribution is 2.43. The van der Waals surface area contributed by atoms with E-state index in [1.165, 1.54) is 11.1 Å². The van der Waals surface area contributed by atoms with Crippen LogP contribution in [0, 0.1) is 11.3 Å². The maximum Gasteiger partial charge on any atom is 0.164 e. The van der Waals surface area contributed by atoms with E-state index in [0.29, 0.717) is 24.7 Å². The quantitative estimate of drug-likeness (QED) is 0.872. The van der Waals surface area contributed by atoms with E-state index >= 15 is 0 Å². The van der Waals surface area contributed by atoms with Crippen LogP contribution in [0.1, 0.15) is 47.1 Å². The molecule has 3 aliphatic rings. The SMILES string of the molecule is N#Cc1ccc2c(c1)C(O)C(N1CCC(c3cccc4c3OCCO4)CC1)C2. The molecule has 0 bridgehead atoms. The normalized spacial score (nSPS) is 24.6. The lowest BCUT2D eigenvalue weighted by Crippen LogP contribution is -2.43. The van der Waals surface area contributed by atoms with Crippen LogP contribution in [-0.2, 0) is 6.42 Å². The van der Waals surface area contributed by atoms with Crippen LogP contribution in [0.5, 0.6) is 11.5 Å². The molecule has 0 aromatic heterocycles. The average molecular weight is 376 g/mol. The summed E-state index contributed by atoms with van der Waals surface area (Å²) in [5, 5.41) is 20.0. The van der Waals surface area contributed by atoms with E-state index in [1.807, 2.05) is 24.3 Å². The van der Waals surface area contributed by atoms with Gasteiger partial charge >= 0.3 is 0 Å². The maximum atomic E-state index is 10.9. The molecule has 5 nitrogen and oxygen atoms in total. The van der Waals surface area contributed by atoms with Crippen molar-refractivity contribution in [2.24, 2.45) is 0 Å². The van der Waals surface area contributed by atoms with Crippen LogP contribution in [0.15, 0.2) is 36.4 Å². The second kappa shape index (κ2) is 7.12. The molecule has 2 atom stereocenters. The Hall–Kier alpha value is -2.55. The third-order valence-corrected chi connectivity index (χ3v) is 6.42. The van der Waals surface area contributed by atoms with Crippen LogP contribution < -0.4 is 9.47 Å². The fourth-order valence-corrected chi connectivity index (χ4v) is 4.96. The number of hydrogen-bond donors (Lipinski definition) is 1. The first-order valence-electron chi connectivity index (χ1n) is 10.1. The molecule has 5 heteroatoms. The van der Waals surface area contributed by atoms with Gasteiger partial charge in [-0.2, -0.15) is 5.26 Å². The molecule has 0 spiro atoms. The maximum absolute atomic E-state index is 10.9. The van der Waals surface area contributed by atoms with Crippen molar-refractivity contribution in [3.63, 3.8) is 0 Å². The number of rotatable bonds is 2. The van der Waals surface area contributed by atoms with Gasteiger partial charge in [0, 0.05) is 11.6 Å². The molecule has 144 valence electrons. The molecule has 2 aromatic rings. The predicted molar refractivity (Wildman–Crippen MR) is 105 cm³/mol. The molecule has 2 unspecified atom stereocenters. The highest BCUT2D eigenvalue weighted by molar-refractivity contribution is 5.49. The fraction of sp³-hybridized carbons (Fsp3) is 0.435. The summed E-state index contributed by atoms with van der Waals surface area (Å²) in [7, 11) is 0. The minimum absolute atomic E-state index is 0.106.